The van der Waals surface area contributed by atoms with Crippen LogP contribution in [-0.2, 0) is 4.94 Å². The van der Waals surface area contributed by atoms with E-state index >= 15 is 0 Å². The number of aryl methyl sites for hydroxylation is 2. The first-order valence-corrected chi connectivity index (χ1v) is 14.7. The number of hydrogen-bond acceptors (Lipinski definition) is 2. The van der Waals surface area contributed by atoms with Gasteiger partial charge in [0.05, 0.1) is 5.54 Å². The summed E-state index contributed by atoms with van der Waals surface area (Å²) in [4.78, 5) is 8.42. The summed E-state index contributed by atoms with van der Waals surface area (Å²) in [6.45, 7) is 19.4. The average molecular weight is 542 g/mol. The van der Waals surface area contributed by atoms with Crippen LogP contribution >= 0.6 is 0 Å². The van der Waals surface area contributed by atoms with E-state index in [9.17, 15) is 4.53 Å². The Labute approximate surface area is 242 Å². The van der Waals surface area contributed by atoms with E-state index < -0.39 is 0 Å². The lowest BCUT2D eigenvalue weighted by Gasteiger charge is -2.11. The molecule has 2 aliphatic carbocycles. The van der Waals surface area contributed by atoms with E-state index in [1.54, 1.807) is 12.5 Å². The third kappa shape index (κ3) is 8.40. The molecule has 0 N–H and O–H groups in total. The molecule has 3 atom stereocenters. The van der Waals surface area contributed by atoms with E-state index in [1.807, 2.05) is 43.5 Å². The van der Waals surface area contributed by atoms with Crippen molar-refractivity contribution < 1.29 is 9.47 Å². The van der Waals surface area contributed by atoms with Gasteiger partial charge < -0.3 is 0 Å². The number of allylic oxidation sites excluding steroid dienone is 8. The Bertz CT molecular complexity index is 1310. The van der Waals surface area contributed by atoms with Crippen LogP contribution in [0.25, 0.3) is 5.57 Å². The zero-order chi connectivity index (χ0) is 29.4. The fourth-order valence-corrected chi connectivity index (χ4v) is 5.43. The van der Waals surface area contributed by atoms with Gasteiger partial charge in [-0.15, -0.1) is 0 Å². The summed E-state index contributed by atoms with van der Waals surface area (Å²) in [5.41, 5.74) is 10.8. The lowest BCUT2D eigenvalue weighted by atomic mass is 9.95. The molecule has 2 aliphatic rings. The van der Waals surface area contributed by atoms with Gasteiger partial charge in [0.1, 0.15) is 5.76 Å². The van der Waals surface area contributed by atoms with Gasteiger partial charge in [-0.1, -0.05) is 94.0 Å². The van der Waals surface area contributed by atoms with Crippen molar-refractivity contribution in [3.8, 4) is 0 Å². The normalized spacial score (nSPS) is 22.7. The molecule has 1 unspecified atom stereocenters. The Kier molecular flexibility index (Phi) is 10.9. The quantitative estimate of drug-likeness (QED) is 0.166. The maximum atomic E-state index is 12.0. The largest absolute Gasteiger partial charge is 0.299 e. The lowest BCUT2D eigenvalue weighted by molar-refractivity contribution is -0.0812. The first-order valence-electron chi connectivity index (χ1n) is 14.7. The highest BCUT2D eigenvalue weighted by Crippen LogP contribution is 2.48. The molecule has 0 aromatic heterocycles. The van der Waals surface area contributed by atoms with E-state index in [1.165, 1.54) is 34.3 Å². The molecule has 214 valence electrons. The highest BCUT2D eigenvalue weighted by Gasteiger charge is 2.45. The van der Waals surface area contributed by atoms with Gasteiger partial charge in [-0.2, -0.15) is 0 Å². The molecule has 0 aliphatic heterocycles. The third-order valence-electron chi connectivity index (χ3n) is 8.18. The summed E-state index contributed by atoms with van der Waals surface area (Å²) < 4.78 is 12.0. The molecule has 1 fully saturated rings. The van der Waals surface area contributed by atoms with Crippen molar-refractivity contribution in [2.75, 3.05) is 0 Å². The van der Waals surface area contributed by atoms with E-state index in [0.29, 0.717) is 17.6 Å². The van der Waals surface area contributed by atoms with Crippen molar-refractivity contribution in [3.05, 3.63) is 111 Å². The van der Waals surface area contributed by atoms with Crippen LogP contribution in [0.15, 0.2) is 88.7 Å². The Hall–Kier alpha value is -3.20. The van der Waals surface area contributed by atoms with Crippen LogP contribution in [0.4, 0.5) is 4.53 Å². The molecule has 1 saturated carbocycles. The Morgan fingerprint density at radius 1 is 1.12 bits per heavy atom. The first kappa shape index (κ1) is 31.3. The summed E-state index contributed by atoms with van der Waals surface area (Å²) in [7, 11) is 0. The fourth-order valence-electron chi connectivity index (χ4n) is 5.43. The van der Waals surface area contributed by atoms with Gasteiger partial charge in [-0.3, -0.25) is 9.93 Å². The van der Waals surface area contributed by atoms with Gasteiger partial charge in [0, 0.05) is 22.2 Å². The van der Waals surface area contributed by atoms with Crippen molar-refractivity contribution >= 4 is 11.8 Å². The second kappa shape index (κ2) is 13.9. The maximum absolute atomic E-state index is 12.0. The summed E-state index contributed by atoms with van der Waals surface area (Å²) in [6, 6.07) is 14.3. The molecule has 2 nitrogen and oxygen atoms in total. The number of halogens is 1. The highest BCUT2D eigenvalue weighted by atomic mass is 19.3. The van der Waals surface area contributed by atoms with E-state index in [2.05, 4.69) is 94.8 Å². The summed E-state index contributed by atoms with van der Waals surface area (Å²) in [6.07, 6.45) is 14.0. The molecule has 2 aromatic rings. The minimum Gasteiger partial charge on any atom is -0.299 e. The molecule has 0 spiro atoms. The van der Waals surface area contributed by atoms with Crippen LogP contribution in [-0.4, -0.2) is 11.8 Å². The molecule has 4 rings (SSSR count). The highest BCUT2D eigenvalue weighted by molar-refractivity contribution is 5.72. The Balaban J connectivity index is 0.000000285. The Morgan fingerprint density at radius 3 is 2.38 bits per heavy atom. The number of fused-ring (bicyclic) bond motifs is 1. The maximum Gasteiger partial charge on any atom is 0.149 e. The predicted molar refractivity (Wildman–Crippen MR) is 170 cm³/mol. The van der Waals surface area contributed by atoms with Crippen molar-refractivity contribution in [1.29, 1.82) is 0 Å². The smallest absolute Gasteiger partial charge is 0.149 e. The van der Waals surface area contributed by atoms with E-state index in [4.69, 9.17) is 0 Å². The molecule has 0 heterocycles. The first-order chi connectivity index (χ1) is 19.0. The van der Waals surface area contributed by atoms with Gasteiger partial charge in [-0.05, 0) is 105 Å². The molecule has 3 heteroatoms. The van der Waals surface area contributed by atoms with Crippen LogP contribution in [0.5, 0.6) is 0 Å². The van der Waals surface area contributed by atoms with Gasteiger partial charge in [0.2, 0.25) is 0 Å². The van der Waals surface area contributed by atoms with Crippen LogP contribution in [0.1, 0.15) is 101 Å². The van der Waals surface area contributed by atoms with E-state index in [-0.39, 0.29) is 5.54 Å². The zero-order valence-electron chi connectivity index (χ0n) is 26.0. The van der Waals surface area contributed by atoms with Crippen molar-refractivity contribution in [2.24, 2.45) is 16.8 Å². The topological polar surface area (TPSA) is 21.6 Å². The van der Waals surface area contributed by atoms with Crippen LogP contribution in [0, 0.1) is 25.7 Å². The molecular weight excluding hydrogens is 493 g/mol. The molecule has 0 amide bonds. The molecule has 0 bridgehead atoms. The van der Waals surface area contributed by atoms with Crippen molar-refractivity contribution in [3.63, 3.8) is 0 Å². The summed E-state index contributed by atoms with van der Waals surface area (Å²) >= 11 is 0. The summed E-state index contributed by atoms with van der Waals surface area (Å²) in [5, 5.41) is 0. The summed E-state index contributed by atoms with van der Waals surface area (Å²) in [5.74, 6) is 2.25. The van der Waals surface area contributed by atoms with Gasteiger partial charge in [0.25, 0.3) is 0 Å². The van der Waals surface area contributed by atoms with Crippen LogP contribution < -0.4 is 0 Å². The van der Waals surface area contributed by atoms with E-state index in [0.717, 1.165) is 29.9 Å². The van der Waals surface area contributed by atoms with Gasteiger partial charge in [0.15, 0.2) is 0 Å². The lowest BCUT2D eigenvalue weighted by Crippen LogP contribution is -1.99. The molecule has 0 saturated heterocycles. The molecule has 40 heavy (non-hydrogen) atoms. The predicted octanol–water partition coefficient (Wildman–Crippen LogP) is 10.8. The number of hydrogen-bond donors (Lipinski definition) is 0. The molecule has 0 radical (unpaired) electrons. The van der Waals surface area contributed by atoms with Crippen molar-refractivity contribution in [1.82, 2.24) is 0 Å². The third-order valence-corrected chi connectivity index (χ3v) is 8.18. The number of benzene rings is 2. The SMILES string of the molecule is CC(=C\C=C/C=N[C@]1(C)C[C@@H]1C)/C(=C\C1c2cc(C)cc(C)c21)CC(C)C.CC/C(=C(/C)OF)c1ccccc1. The zero-order valence-corrected chi connectivity index (χ0v) is 26.0. The Morgan fingerprint density at radius 2 is 1.80 bits per heavy atom. The number of nitrogens with zero attached hydrogens (tertiary/aromatic N) is 1. The number of aliphatic imine (C=N–C) groups is 1. The second-order valence-corrected chi connectivity index (χ2v) is 12.2. The minimum atomic E-state index is 0.194. The molecule has 2 aromatic carbocycles. The molecular formula is C37H48FNO. The number of rotatable bonds is 10. The van der Waals surface area contributed by atoms with Crippen LogP contribution in [0.3, 0.4) is 0 Å². The standard InChI is InChI=1S/C26H35N.C11H13FO/c1-17(2)12-22(15-24-23-14-18(3)13-20(5)25(23)24)19(4)10-8-9-11-27-26(7)16-21(26)6;1-3-11(9(2)13-12)10-7-5-4-6-8-10/h8-11,13-15,17,21,24H,12,16H2,1-7H3;4-8H,3H2,1-2H3/b9-8-,19-10+,22-15-,27-11?;11-9+/t21-,24?,26+;/m0./s1. The van der Waals surface area contributed by atoms with Gasteiger partial charge >= 0.3 is 0 Å². The monoisotopic (exact) mass is 541 g/mol. The van der Waals surface area contributed by atoms with Gasteiger partial charge in [-0.25, -0.2) is 0 Å². The minimum absolute atomic E-state index is 0.194. The van der Waals surface area contributed by atoms with Crippen LogP contribution in [0.2, 0.25) is 0 Å². The van der Waals surface area contributed by atoms with Crippen molar-refractivity contribution in [2.45, 2.75) is 93.0 Å². The average Bonchev–Trinajstić information content (AvgIpc) is 3.78. The fraction of sp³-hybridized carbons (Fsp3) is 0.432. The second-order valence-electron chi connectivity index (χ2n) is 12.2.